The van der Waals surface area contributed by atoms with E-state index in [2.05, 4.69) is 124 Å². The second kappa shape index (κ2) is 9.32. The molecule has 10 rings (SSSR count). The van der Waals surface area contributed by atoms with Gasteiger partial charge in [0.05, 0.1) is 27.8 Å². The van der Waals surface area contributed by atoms with Gasteiger partial charge in [-0.1, -0.05) is 97.1 Å². The van der Waals surface area contributed by atoms with E-state index in [1.165, 1.54) is 20.9 Å². The van der Waals surface area contributed by atoms with Crippen LogP contribution in [0.4, 0.5) is 0 Å². The van der Waals surface area contributed by atoms with Crippen LogP contribution in [0, 0.1) is 0 Å². The minimum Gasteiger partial charge on any atom is -0.293 e. The highest BCUT2D eigenvalue weighted by molar-refractivity contribution is 7.25. The number of nitrogens with zero attached hydrogens (tertiary/aromatic N) is 5. The predicted octanol–water partition coefficient (Wildman–Crippen LogP) is 10.1. The zero-order valence-corrected chi connectivity index (χ0v) is 24.7. The lowest BCUT2D eigenvalue weighted by Gasteiger charge is -2.10. The maximum atomic E-state index is 5.38. The number of rotatable bonds is 3. The summed E-state index contributed by atoms with van der Waals surface area (Å²) in [4.78, 5) is 16.5. The molecular weight excluding hydrogens is 571 g/mol. The van der Waals surface area contributed by atoms with E-state index < -0.39 is 0 Å². The summed E-state index contributed by atoms with van der Waals surface area (Å²) in [7, 11) is 0. The number of hydrogen-bond donors (Lipinski definition) is 0. The van der Waals surface area contributed by atoms with Crippen molar-refractivity contribution in [2.75, 3.05) is 0 Å². The third kappa shape index (κ3) is 3.45. The summed E-state index contributed by atoms with van der Waals surface area (Å²) in [6.45, 7) is 0. The van der Waals surface area contributed by atoms with Gasteiger partial charge in [-0.05, 0) is 36.4 Å². The molecule has 0 saturated carbocycles. The van der Waals surface area contributed by atoms with Crippen LogP contribution in [0.2, 0.25) is 0 Å². The molecule has 0 aliphatic carbocycles. The highest BCUT2D eigenvalue weighted by atomic mass is 32.1. The smallest absolute Gasteiger partial charge is 0.236 e. The van der Waals surface area contributed by atoms with E-state index in [1.54, 1.807) is 11.3 Å². The summed E-state index contributed by atoms with van der Waals surface area (Å²) >= 11 is 1.72. The van der Waals surface area contributed by atoms with Gasteiger partial charge in [-0.25, -0.2) is 15.0 Å². The van der Waals surface area contributed by atoms with Crippen molar-refractivity contribution >= 4 is 75.3 Å². The molecule has 5 aromatic carbocycles. The molecule has 0 aliphatic rings. The first-order valence-corrected chi connectivity index (χ1v) is 15.8. The van der Waals surface area contributed by atoms with Crippen LogP contribution in [0.1, 0.15) is 0 Å². The molecule has 6 heteroatoms. The van der Waals surface area contributed by atoms with Gasteiger partial charge in [0.25, 0.3) is 0 Å². The molecule has 0 saturated heterocycles. The Morgan fingerprint density at radius 1 is 0.489 bits per heavy atom. The molecule has 0 unspecified atom stereocenters. The zero-order valence-electron chi connectivity index (χ0n) is 23.9. The monoisotopic (exact) mass is 593 g/mol. The Labute approximate surface area is 261 Å². The molecule has 5 nitrogen and oxygen atoms in total. The first-order valence-electron chi connectivity index (χ1n) is 15.0. The van der Waals surface area contributed by atoms with E-state index in [-0.39, 0.29) is 0 Å². The molecule has 0 N–H and O–H groups in total. The molecule has 0 amide bonds. The molecule has 45 heavy (non-hydrogen) atoms. The van der Waals surface area contributed by atoms with Gasteiger partial charge in [-0.15, -0.1) is 11.3 Å². The van der Waals surface area contributed by atoms with Gasteiger partial charge in [-0.3, -0.25) is 9.13 Å². The van der Waals surface area contributed by atoms with Crippen LogP contribution in [0.5, 0.6) is 0 Å². The molecule has 5 heterocycles. The van der Waals surface area contributed by atoms with Crippen molar-refractivity contribution in [3.63, 3.8) is 0 Å². The van der Waals surface area contributed by atoms with Gasteiger partial charge in [0.15, 0.2) is 0 Å². The fourth-order valence-corrected chi connectivity index (χ4v) is 8.04. The minimum atomic E-state index is 0.666. The first-order chi connectivity index (χ1) is 22.3. The van der Waals surface area contributed by atoms with Crippen molar-refractivity contribution in [2.24, 2.45) is 0 Å². The average Bonchev–Trinajstić information content (AvgIpc) is 3.76. The van der Waals surface area contributed by atoms with Crippen LogP contribution in [0.25, 0.3) is 86.9 Å². The fourth-order valence-electron chi connectivity index (χ4n) is 6.96. The average molecular weight is 594 g/mol. The molecule has 0 radical (unpaired) electrons. The summed E-state index contributed by atoms with van der Waals surface area (Å²) in [6.07, 6.45) is 1.86. The third-order valence-corrected chi connectivity index (χ3v) is 9.89. The number of para-hydroxylation sites is 2. The molecular formula is C39H23N5S. The summed E-state index contributed by atoms with van der Waals surface area (Å²) in [5.74, 6) is 1.56. The molecule has 0 fully saturated rings. The van der Waals surface area contributed by atoms with Gasteiger partial charge >= 0.3 is 0 Å². The Morgan fingerprint density at radius 3 is 2.02 bits per heavy atom. The van der Waals surface area contributed by atoms with Gasteiger partial charge in [-0.2, -0.15) is 0 Å². The van der Waals surface area contributed by atoms with E-state index in [0.29, 0.717) is 5.95 Å². The number of hydrogen-bond acceptors (Lipinski definition) is 4. The van der Waals surface area contributed by atoms with Gasteiger partial charge in [0, 0.05) is 48.8 Å². The second-order valence-electron chi connectivity index (χ2n) is 11.3. The molecule has 0 aliphatic heterocycles. The lowest BCUT2D eigenvalue weighted by atomic mass is 10.1. The van der Waals surface area contributed by atoms with Gasteiger partial charge in [0.1, 0.15) is 10.6 Å². The molecule has 0 bridgehead atoms. The lowest BCUT2D eigenvalue weighted by Crippen LogP contribution is -2.02. The Balaban J connectivity index is 1.38. The quantitative estimate of drug-likeness (QED) is 0.205. The largest absolute Gasteiger partial charge is 0.293 e. The van der Waals surface area contributed by atoms with Crippen LogP contribution >= 0.6 is 11.3 Å². The maximum Gasteiger partial charge on any atom is 0.236 e. The van der Waals surface area contributed by atoms with Crippen molar-refractivity contribution in [2.45, 2.75) is 0 Å². The van der Waals surface area contributed by atoms with E-state index in [0.717, 1.165) is 60.1 Å². The summed E-state index contributed by atoms with van der Waals surface area (Å²) in [5.41, 5.74) is 6.41. The number of fused-ring (bicyclic) bond motifs is 10. The first kappa shape index (κ1) is 24.6. The fraction of sp³-hybridized carbons (Fsp3) is 0. The Kier molecular flexibility index (Phi) is 5.09. The van der Waals surface area contributed by atoms with Crippen molar-refractivity contribution in [1.29, 1.82) is 0 Å². The van der Waals surface area contributed by atoms with Crippen molar-refractivity contribution in [3.05, 3.63) is 140 Å². The maximum absolute atomic E-state index is 5.38. The van der Waals surface area contributed by atoms with E-state index in [1.807, 2.05) is 24.4 Å². The Hall–Kier alpha value is -5.85. The molecule has 0 atom stereocenters. The second-order valence-corrected chi connectivity index (χ2v) is 12.3. The number of thiophene rings is 1. The molecule has 5 aromatic heterocycles. The summed E-state index contributed by atoms with van der Waals surface area (Å²) < 4.78 is 5.75. The van der Waals surface area contributed by atoms with Gasteiger partial charge in [0.2, 0.25) is 5.95 Å². The van der Waals surface area contributed by atoms with Gasteiger partial charge < -0.3 is 0 Å². The number of pyridine rings is 1. The van der Waals surface area contributed by atoms with Crippen LogP contribution in [0.15, 0.2) is 140 Å². The van der Waals surface area contributed by atoms with Crippen LogP contribution in [0.3, 0.4) is 0 Å². The Morgan fingerprint density at radius 2 is 1.20 bits per heavy atom. The standard InChI is InChI=1S/C39H23N5S/c1-2-12-24(13-3-1)36-35-28-16-6-9-19-32(28)45-38(35)42-39(41-36)43-30-18-8-5-15-27(30)34-31(43)22-21-26-25-14-4-7-17-29(25)44(37(26)34)33-20-10-11-23-40-33/h1-23H. The topological polar surface area (TPSA) is 48.5 Å². The van der Waals surface area contributed by atoms with Crippen LogP contribution in [-0.4, -0.2) is 24.1 Å². The SMILES string of the molecule is c1ccc(-c2nc(-n3c4ccccc4c4c3ccc3c5ccccc5n(-c5ccccn5)c34)nc3sc4ccccc4c23)cc1. The highest BCUT2D eigenvalue weighted by Gasteiger charge is 2.23. The highest BCUT2D eigenvalue weighted by Crippen LogP contribution is 2.43. The van der Waals surface area contributed by atoms with E-state index >= 15 is 0 Å². The van der Waals surface area contributed by atoms with Crippen LogP contribution < -0.4 is 0 Å². The van der Waals surface area contributed by atoms with Crippen molar-refractivity contribution in [1.82, 2.24) is 24.1 Å². The van der Waals surface area contributed by atoms with Crippen LogP contribution in [-0.2, 0) is 0 Å². The molecule has 210 valence electrons. The Bertz CT molecular complexity index is 2760. The number of aromatic nitrogens is 5. The molecule has 0 spiro atoms. The predicted molar refractivity (Wildman–Crippen MR) is 187 cm³/mol. The van der Waals surface area contributed by atoms with Crippen molar-refractivity contribution < 1.29 is 0 Å². The third-order valence-electron chi connectivity index (χ3n) is 8.82. The normalized spacial score (nSPS) is 12.0. The zero-order chi connectivity index (χ0) is 29.5. The minimum absolute atomic E-state index is 0.666. The number of benzene rings is 5. The lowest BCUT2D eigenvalue weighted by molar-refractivity contribution is 1.02. The van der Waals surface area contributed by atoms with E-state index in [9.17, 15) is 0 Å². The summed E-state index contributed by atoms with van der Waals surface area (Å²) in [6, 6.07) is 46.8. The van der Waals surface area contributed by atoms with E-state index in [4.69, 9.17) is 15.0 Å². The molecule has 10 aromatic rings. The summed E-state index contributed by atoms with van der Waals surface area (Å²) in [5, 5.41) is 6.99. The van der Waals surface area contributed by atoms with Crippen molar-refractivity contribution in [3.8, 4) is 23.0 Å².